The van der Waals surface area contributed by atoms with Gasteiger partial charge in [0.2, 0.25) is 0 Å². The first kappa shape index (κ1) is 11.5. The van der Waals surface area contributed by atoms with Gasteiger partial charge in [0.05, 0.1) is 0 Å². The van der Waals surface area contributed by atoms with Gasteiger partial charge in [-0.2, -0.15) is 0 Å². The summed E-state index contributed by atoms with van der Waals surface area (Å²) in [6.07, 6.45) is 2.00. The van der Waals surface area contributed by atoms with Crippen molar-refractivity contribution in [3.63, 3.8) is 0 Å². The second-order valence-electron chi connectivity index (χ2n) is 3.94. The summed E-state index contributed by atoms with van der Waals surface area (Å²) in [7, 11) is 2.00. The van der Waals surface area contributed by atoms with E-state index in [4.69, 9.17) is 4.74 Å². The molecule has 88 valence electrons. The average Bonchev–Trinajstić information content (AvgIpc) is 2.73. The third-order valence-corrected chi connectivity index (χ3v) is 2.67. The Morgan fingerprint density at radius 3 is 2.65 bits per heavy atom. The van der Waals surface area contributed by atoms with Gasteiger partial charge in [0, 0.05) is 31.4 Å². The Balaban J connectivity index is 2.34. The molecule has 0 saturated heterocycles. The Labute approximate surface area is 101 Å². The molecule has 0 amide bonds. The second-order valence-corrected chi connectivity index (χ2v) is 3.94. The molecule has 0 aliphatic rings. The zero-order chi connectivity index (χ0) is 12.3. The van der Waals surface area contributed by atoms with E-state index in [1.807, 2.05) is 54.2 Å². The first-order chi connectivity index (χ1) is 8.18. The molecular formula is C14H15NO2. The molecule has 0 saturated carbocycles. The lowest BCUT2D eigenvalue weighted by Crippen LogP contribution is -2.01. The molecule has 0 radical (unpaired) electrons. The minimum Gasteiger partial charge on any atom is -0.461 e. The smallest absolute Gasteiger partial charge is 0.302 e. The van der Waals surface area contributed by atoms with Crippen LogP contribution in [0.5, 0.6) is 0 Å². The molecule has 17 heavy (non-hydrogen) atoms. The fraction of sp³-hybridized carbons (Fsp3) is 0.214. The Morgan fingerprint density at radius 1 is 1.24 bits per heavy atom. The number of carbonyl (C=O) groups excluding carboxylic acids is 1. The van der Waals surface area contributed by atoms with Crippen LogP contribution in [-0.4, -0.2) is 10.5 Å². The maximum atomic E-state index is 10.9. The van der Waals surface area contributed by atoms with E-state index in [2.05, 4.69) is 0 Å². The third-order valence-electron chi connectivity index (χ3n) is 2.67. The van der Waals surface area contributed by atoms with Crippen molar-refractivity contribution in [2.45, 2.75) is 13.5 Å². The van der Waals surface area contributed by atoms with E-state index in [-0.39, 0.29) is 5.97 Å². The van der Waals surface area contributed by atoms with Gasteiger partial charge in [-0.15, -0.1) is 0 Å². The van der Waals surface area contributed by atoms with Gasteiger partial charge in [0.25, 0.3) is 0 Å². The molecule has 0 aliphatic heterocycles. The maximum absolute atomic E-state index is 10.9. The Morgan fingerprint density at radius 2 is 2.00 bits per heavy atom. The van der Waals surface area contributed by atoms with E-state index in [0.29, 0.717) is 6.61 Å². The first-order valence-electron chi connectivity index (χ1n) is 5.51. The number of esters is 1. The zero-order valence-electron chi connectivity index (χ0n) is 10.0. The summed E-state index contributed by atoms with van der Waals surface area (Å²) in [5.74, 6) is -0.258. The van der Waals surface area contributed by atoms with Gasteiger partial charge in [-0.05, 0) is 17.7 Å². The second kappa shape index (κ2) is 4.87. The van der Waals surface area contributed by atoms with Crippen LogP contribution in [0.1, 0.15) is 12.5 Å². The Hall–Kier alpha value is -2.03. The maximum Gasteiger partial charge on any atom is 0.302 e. The number of benzene rings is 1. The number of ether oxygens (including phenoxy) is 1. The molecule has 0 bridgehead atoms. The van der Waals surface area contributed by atoms with Crippen LogP contribution in [0, 0.1) is 0 Å². The summed E-state index contributed by atoms with van der Waals surface area (Å²) in [4.78, 5) is 10.9. The van der Waals surface area contributed by atoms with Crippen molar-refractivity contribution in [2.24, 2.45) is 7.05 Å². The molecule has 2 aromatic rings. The molecule has 3 nitrogen and oxygen atoms in total. The molecule has 0 unspecified atom stereocenters. The summed E-state index contributed by atoms with van der Waals surface area (Å²) in [6, 6.07) is 12.0. The van der Waals surface area contributed by atoms with Crippen molar-refractivity contribution in [1.29, 1.82) is 0 Å². The average molecular weight is 229 g/mol. The number of aryl methyl sites for hydroxylation is 1. The van der Waals surface area contributed by atoms with E-state index in [1.165, 1.54) is 6.92 Å². The highest BCUT2D eigenvalue weighted by atomic mass is 16.5. The van der Waals surface area contributed by atoms with Crippen molar-refractivity contribution >= 4 is 5.97 Å². The lowest BCUT2D eigenvalue weighted by molar-refractivity contribution is -0.142. The van der Waals surface area contributed by atoms with E-state index in [1.54, 1.807) is 0 Å². The summed E-state index contributed by atoms with van der Waals surface area (Å²) >= 11 is 0. The van der Waals surface area contributed by atoms with Crippen LogP contribution in [0.25, 0.3) is 11.3 Å². The lowest BCUT2D eigenvalue weighted by Gasteiger charge is -2.10. The summed E-state index contributed by atoms with van der Waals surface area (Å²) in [6.45, 7) is 1.74. The fourth-order valence-electron chi connectivity index (χ4n) is 1.82. The third kappa shape index (κ3) is 2.56. The minimum atomic E-state index is -0.258. The standard InChI is InChI=1S/C14H15NO2/c1-11(16)17-10-12-6-3-4-7-13(12)14-8-5-9-15(14)2/h3-9H,10H2,1-2H3. The fourth-order valence-corrected chi connectivity index (χ4v) is 1.82. The largest absolute Gasteiger partial charge is 0.461 e. The van der Waals surface area contributed by atoms with E-state index < -0.39 is 0 Å². The molecule has 0 aliphatic carbocycles. The van der Waals surface area contributed by atoms with Gasteiger partial charge < -0.3 is 9.30 Å². The molecule has 1 aromatic heterocycles. The van der Waals surface area contributed by atoms with Gasteiger partial charge in [-0.3, -0.25) is 4.79 Å². The Bertz CT molecular complexity index is 529. The normalized spacial score (nSPS) is 10.2. The number of hydrogen-bond donors (Lipinski definition) is 0. The quantitative estimate of drug-likeness (QED) is 0.758. The number of carbonyl (C=O) groups is 1. The SMILES string of the molecule is CC(=O)OCc1ccccc1-c1cccn1C. The van der Waals surface area contributed by atoms with E-state index in [0.717, 1.165) is 16.8 Å². The van der Waals surface area contributed by atoms with Gasteiger partial charge in [0.1, 0.15) is 6.61 Å². The van der Waals surface area contributed by atoms with E-state index >= 15 is 0 Å². The van der Waals surface area contributed by atoms with Crippen LogP contribution in [0.3, 0.4) is 0 Å². The van der Waals surface area contributed by atoms with Gasteiger partial charge in [-0.1, -0.05) is 24.3 Å². The highest BCUT2D eigenvalue weighted by Crippen LogP contribution is 2.24. The topological polar surface area (TPSA) is 31.2 Å². The zero-order valence-corrected chi connectivity index (χ0v) is 10.0. The van der Waals surface area contributed by atoms with Crippen LogP contribution >= 0.6 is 0 Å². The molecule has 1 heterocycles. The van der Waals surface area contributed by atoms with Crippen molar-refractivity contribution < 1.29 is 9.53 Å². The highest BCUT2D eigenvalue weighted by Gasteiger charge is 2.07. The predicted molar refractivity (Wildman–Crippen MR) is 66.3 cm³/mol. The molecule has 0 fully saturated rings. The van der Waals surface area contributed by atoms with Crippen molar-refractivity contribution in [3.8, 4) is 11.3 Å². The summed E-state index contributed by atoms with van der Waals surface area (Å²) in [5.41, 5.74) is 3.23. The molecule has 0 atom stereocenters. The van der Waals surface area contributed by atoms with Crippen molar-refractivity contribution in [2.75, 3.05) is 0 Å². The first-order valence-corrected chi connectivity index (χ1v) is 5.51. The predicted octanol–water partition coefficient (Wildman–Crippen LogP) is 2.76. The van der Waals surface area contributed by atoms with Gasteiger partial charge >= 0.3 is 5.97 Å². The Kier molecular flexibility index (Phi) is 3.28. The van der Waals surface area contributed by atoms with E-state index in [9.17, 15) is 4.79 Å². The summed E-state index contributed by atoms with van der Waals surface area (Å²) < 4.78 is 7.11. The van der Waals surface area contributed by atoms with Crippen LogP contribution in [0.15, 0.2) is 42.6 Å². The van der Waals surface area contributed by atoms with Crippen molar-refractivity contribution in [1.82, 2.24) is 4.57 Å². The highest BCUT2D eigenvalue weighted by molar-refractivity contribution is 5.67. The van der Waals surface area contributed by atoms with Crippen LogP contribution in [-0.2, 0) is 23.2 Å². The van der Waals surface area contributed by atoms with Crippen molar-refractivity contribution in [3.05, 3.63) is 48.2 Å². The number of rotatable bonds is 3. The lowest BCUT2D eigenvalue weighted by atomic mass is 10.1. The minimum absolute atomic E-state index is 0.258. The molecule has 1 aromatic carbocycles. The van der Waals surface area contributed by atoms with Gasteiger partial charge in [0.15, 0.2) is 0 Å². The number of aromatic nitrogens is 1. The molecule has 2 rings (SSSR count). The number of nitrogens with zero attached hydrogens (tertiary/aromatic N) is 1. The summed E-state index contributed by atoms with van der Waals surface area (Å²) in [5, 5.41) is 0. The monoisotopic (exact) mass is 229 g/mol. The molecule has 0 N–H and O–H groups in total. The molecule has 3 heteroatoms. The molecule has 0 spiro atoms. The van der Waals surface area contributed by atoms with Crippen LogP contribution < -0.4 is 0 Å². The van der Waals surface area contributed by atoms with Gasteiger partial charge in [-0.25, -0.2) is 0 Å². The van der Waals surface area contributed by atoms with Crippen LogP contribution in [0.4, 0.5) is 0 Å². The number of hydrogen-bond acceptors (Lipinski definition) is 2. The molecular weight excluding hydrogens is 214 g/mol. The van der Waals surface area contributed by atoms with Crippen LogP contribution in [0.2, 0.25) is 0 Å².